The van der Waals surface area contributed by atoms with Crippen molar-refractivity contribution >= 4 is 15.8 Å². The molecule has 0 bridgehead atoms. The smallest absolute Gasteiger partial charge is 0.323 e. The maximum absolute atomic E-state index is 11.8. The number of carboxylic acids is 1. The van der Waals surface area contributed by atoms with E-state index in [1.807, 2.05) is 0 Å². The third-order valence-electron chi connectivity index (χ3n) is 2.52. The third-order valence-corrected chi connectivity index (χ3v) is 5.11. The van der Waals surface area contributed by atoms with Crippen LogP contribution in [-0.4, -0.2) is 49.8 Å². The molecule has 0 aromatic rings. The first-order valence-corrected chi connectivity index (χ1v) is 6.34. The molecule has 1 rings (SSSR count). The van der Waals surface area contributed by atoms with Crippen LogP contribution < -0.4 is 5.73 Å². The molecule has 6 nitrogen and oxygen atoms in total. The van der Waals surface area contributed by atoms with Crippen molar-refractivity contribution in [2.75, 3.05) is 19.8 Å². The fourth-order valence-electron chi connectivity index (χ4n) is 1.61. The van der Waals surface area contributed by atoms with E-state index in [0.717, 1.165) is 0 Å². The highest BCUT2D eigenvalue weighted by Gasteiger charge is 2.38. The zero-order chi connectivity index (χ0) is 11.5. The van der Waals surface area contributed by atoms with Crippen LogP contribution in [0.3, 0.4) is 0 Å². The van der Waals surface area contributed by atoms with Gasteiger partial charge in [-0.05, 0) is 12.8 Å². The van der Waals surface area contributed by atoms with Crippen LogP contribution in [-0.2, 0) is 19.4 Å². The Morgan fingerprint density at radius 1 is 1.47 bits per heavy atom. The Morgan fingerprint density at radius 2 is 2.00 bits per heavy atom. The topological polar surface area (TPSA) is 107 Å². The van der Waals surface area contributed by atoms with E-state index in [1.54, 1.807) is 0 Å². The van der Waals surface area contributed by atoms with Crippen molar-refractivity contribution in [1.82, 2.24) is 0 Å². The fourth-order valence-corrected chi connectivity index (χ4v) is 3.48. The summed E-state index contributed by atoms with van der Waals surface area (Å²) in [5.74, 6) is -1.37. The fraction of sp³-hybridized carbons (Fsp3) is 0.875. The van der Waals surface area contributed by atoms with Crippen LogP contribution in [0.25, 0.3) is 0 Å². The van der Waals surface area contributed by atoms with E-state index >= 15 is 0 Å². The van der Waals surface area contributed by atoms with Gasteiger partial charge >= 0.3 is 5.97 Å². The maximum atomic E-state index is 11.8. The minimum absolute atomic E-state index is 0.353. The van der Waals surface area contributed by atoms with Gasteiger partial charge in [-0.25, -0.2) is 8.42 Å². The lowest BCUT2D eigenvalue weighted by molar-refractivity contribution is -0.136. The van der Waals surface area contributed by atoms with Crippen LogP contribution in [0.15, 0.2) is 0 Å². The first-order valence-electron chi connectivity index (χ1n) is 4.73. The number of sulfone groups is 1. The Labute approximate surface area is 88.3 Å². The summed E-state index contributed by atoms with van der Waals surface area (Å²) in [5, 5.41) is 6.63. The van der Waals surface area contributed by atoms with Crippen molar-refractivity contribution < 1.29 is 23.1 Å². The molecule has 3 N–H and O–H groups in total. The Bertz CT molecular complexity index is 320. The Morgan fingerprint density at radius 3 is 2.40 bits per heavy atom. The van der Waals surface area contributed by atoms with Crippen LogP contribution >= 0.6 is 0 Å². The van der Waals surface area contributed by atoms with E-state index in [0.29, 0.717) is 26.1 Å². The van der Waals surface area contributed by atoms with E-state index in [9.17, 15) is 13.2 Å². The van der Waals surface area contributed by atoms with Gasteiger partial charge in [0.2, 0.25) is 0 Å². The van der Waals surface area contributed by atoms with Crippen LogP contribution in [0.4, 0.5) is 0 Å². The molecule has 1 aliphatic heterocycles. The van der Waals surface area contributed by atoms with Crippen LogP contribution in [0.2, 0.25) is 0 Å². The molecule has 0 radical (unpaired) electrons. The van der Waals surface area contributed by atoms with E-state index in [-0.39, 0.29) is 6.54 Å². The largest absolute Gasteiger partial charge is 0.480 e. The van der Waals surface area contributed by atoms with Crippen molar-refractivity contribution in [2.24, 2.45) is 5.73 Å². The van der Waals surface area contributed by atoms with Gasteiger partial charge in [0, 0.05) is 19.8 Å². The second-order valence-electron chi connectivity index (χ2n) is 3.46. The van der Waals surface area contributed by atoms with Gasteiger partial charge in [0.1, 0.15) is 0 Å². The zero-order valence-corrected chi connectivity index (χ0v) is 9.07. The summed E-state index contributed by atoms with van der Waals surface area (Å²) in [7, 11) is -3.68. The SMILES string of the molecule is NCC(C(=O)O)S(=O)(=O)C1CCOCC1. The molecule has 0 aromatic carbocycles. The lowest BCUT2D eigenvalue weighted by Gasteiger charge is -2.24. The van der Waals surface area contributed by atoms with Crippen LogP contribution in [0.5, 0.6) is 0 Å². The summed E-state index contributed by atoms with van der Waals surface area (Å²) in [6, 6.07) is 0. The molecule has 1 unspecified atom stereocenters. The Hall–Kier alpha value is -0.660. The van der Waals surface area contributed by atoms with Gasteiger partial charge in [-0.1, -0.05) is 0 Å². The quantitative estimate of drug-likeness (QED) is 0.649. The van der Waals surface area contributed by atoms with Crippen LogP contribution in [0, 0.1) is 0 Å². The number of hydrogen-bond donors (Lipinski definition) is 2. The summed E-state index contributed by atoms with van der Waals surface area (Å²) in [4.78, 5) is 10.7. The second kappa shape index (κ2) is 4.91. The van der Waals surface area contributed by atoms with Gasteiger partial charge < -0.3 is 15.6 Å². The van der Waals surface area contributed by atoms with Gasteiger partial charge in [-0.2, -0.15) is 0 Å². The van der Waals surface area contributed by atoms with Crippen molar-refractivity contribution in [2.45, 2.75) is 23.3 Å². The number of carbonyl (C=O) groups is 1. The highest BCUT2D eigenvalue weighted by molar-refractivity contribution is 7.93. The van der Waals surface area contributed by atoms with Crippen molar-refractivity contribution in [1.29, 1.82) is 0 Å². The normalized spacial score (nSPS) is 21.1. The highest BCUT2D eigenvalue weighted by atomic mass is 32.2. The molecule has 1 saturated heterocycles. The summed E-state index contributed by atoms with van der Waals surface area (Å²) in [6.45, 7) is 0.344. The van der Waals surface area contributed by atoms with Gasteiger partial charge in [-0.15, -0.1) is 0 Å². The predicted molar refractivity (Wildman–Crippen MR) is 53.2 cm³/mol. The number of ether oxygens (including phenoxy) is 1. The standard InChI is InChI=1S/C8H15NO5S/c9-5-7(8(10)11)15(12,13)6-1-3-14-4-2-6/h6-7H,1-5,9H2,(H,10,11). The number of nitrogens with two attached hydrogens (primary N) is 1. The van der Waals surface area contributed by atoms with E-state index in [1.165, 1.54) is 0 Å². The molecule has 0 amide bonds. The van der Waals surface area contributed by atoms with Gasteiger partial charge in [0.05, 0.1) is 5.25 Å². The molecule has 15 heavy (non-hydrogen) atoms. The van der Waals surface area contributed by atoms with E-state index in [2.05, 4.69) is 0 Å². The molecular formula is C8H15NO5S. The van der Waals surface area contributed by atoms with Gasteiger partial charge in [0.15, 0.2) is 15.1 Å². The molecule has 0 aromatic heterocycles. The third kappa shape index (κ3) is 2.67. The lowest BCUT2D eigenvalue weighted by Crippen LogP contribution is -2.44. The zero-order valence-electron chi connectivity index (χ0n) is 8.26. The molecule has 1 fully saturated rings. The van der Waals surface area contributed by atoms with Crippen molar-refractivity contribution in [3.63, 3.8) is 0 Å². The Balaban J connectivity index is 2.84. The molecule has 7 heteroatoms. The maximum Gasteiger partial charge on any atom is 0.323 e. The monoisotopic (exact) mass is 237 g/mol. The molecule has 0 spiro atoms. The molecule has 1 aliphatic rings. The highest BCUT2D eigenvalue weighted by Crippen LogP contribution is 2.19. The summed E-state index contributed by atoms with van der Waals surface area (Å²) in [5.41, 5.74) is 5.18. The van der Waals surface area contributed by atoms with Crippen molar-refractivity contribution in [3.05, 3.63) is 0 Å². The van der Waals surface area contributed by atoms with Gasteiger partial charge in [-0.3, -0.25) is 4.79 Å². The van der Waals surface area contributed by atoms with E-state index < -0.39 is 26.3 Å². The lowest BCUT2D eigenvalue weighted by atomic mass is 10.2. The first kappa shape index (κ1) is 12.4. The molecular weight excluding hydrogens is 222 g/mol. The minimum Gasteiger partial charge on any atom is -0.480 e. The molecule has 1 atom stereocenters. The summed E-state index contributed by atoms with van der Waals surface area (Å²) >= 11 is 0. The number of aliphatic carboxylic acids is 1. The van der Waals surface area contributed by atoms with Gasteiger partial charge in [0.25, 0.3) is 0 Å². The van der Waals surface area contributed by atoms with E-state index in [4.69, 9.17) is 15.6 Å². The summed E-state index contributed by atoms with van der Waals surface area (Å²) in [6.07, 6.45) is 0.707. The second-order valence-corrected chi connectivity index (χ2v) is 5.88. The predicted octanol–water partition coefficient (Wildman–Crippen LogP) is -1.01. The average molecular weight is 237 g/mol. The Kier molecular flexibility index (Phi) is 4.06. The average Bonchev–Trinajstić information content (AvgIpc) is 2.19. The molecule has 0 saturated carbocycles. The first-order chi connectivity index (χ1) is 7.00. The number of rotatable bonds is 4. The van der Waals surface area contributed by atoms with Crippen LogP contribution in [0.1, 0.15) is 12.8 Å². The minimum atomic E-state index is -3.68. The van der Waals surface area contributed by atoms with Crippen molar-refractivity contribution in [3.8, 4) is 0 Å². The molecule has 88 valence electrons. The number of carboxylic acid groups (broad SMARTS) is 1. The molecule has 0 aliphatic carbocycles. The summed E-state index contributed by atoms with van der Waals surface area (Å²) < 4.78 is 28.7. The molecule has 1 heterocycles. The number of hydrogen-bond acceptors (Lipinski definition) is 5.